The van der Waals surface area contributed by atoms with E-state index in [1.807, 2.05) is 0 Å². The van der Waals surface area contributed by atoms with Crippen molar-refractivity contribution in [2.45, 2.75) is 25.8 Å². The van der Waals surface area contributed by atoms with Gasteiger partial charge in [-0.15, -0.1) is 0 Å². The topological polar surface area (TPSA) is 41.7 Å². The van der Waals surface area contributed by atoms with Crippen LogP contribution in [0.4, 0.5) is 0 Å². The van der Waals surface area contributed by atoms with E-state index in [0.717, 1.165) is 51.4 Å². The van der Waals surface area contributed by atoms with Gasteiger partial charge in [0.1, 0.15) is 5.75 Å². The molecule has 1 aromatic rings. The Hall–Kier alpha value is -1.10. The highest BCUT2D eigenvalue weighted by Crippen LogP contribution is 2.26. The average molecular weight is 289 g/mol. The predicted octanol–water partition coefficient (Wildman–Crippen LogP) is 1.13. The van der Waals surface area contributed by atoms with Gasteiger partial charge in [-0.3, -0.25) is 4.90 Å². The molecular weight excluding hydrogens is 262 g/mol. The van der Waals surface area contributed by atoms with Gasteiger partial charge in [-0.25, -0.2) is 0 Å². The quantitative estimate of drug-likeness (QED) is 0.882. The number of rotatable bonds is 5. The highest BCUT2D eigenvalue weighted by molar-refractivity contribution is 5.39. The summed E-state index contributed by atoms with van der Waals surface area (Å²) in [5.41, 5.74) is 8.58. The predicted molar refractivity (Wildman–Crippen MR) is 85.9 cm³/mol. The van der Waals surface area contributed by atoms with Crippen LogP contribution < -0.4 is 10.5 Å². The molecule has 3 rings (SSSR count). The largest absolute Gasteiger partial charge is 0.493 e. The molecule has 116 valence electrons. The lowest BCUT2D eigenvalue weighted by atomic mass is 10.1. The van der Waals surface area contributed by atoms with Gasteiger partial charge < -0.3 is 15.4 Å². The van der Waals surface area contributed by atoms with Gasteiger partial charge in [0.25, 0.3) is 0 Å². The molecule has 1 saturated heterocycles. The SMILES string of the molecule is CC(CN)N1CCN(CCc2ccc3c(c2)CCO3)CC1. The Balaban J connectivity index is 1.46. The molecule has 0 saturated carbocycles. The third kappa shape index (κ3) is 3.57. The first kappa shape index (κ1) is 14.8. The van der Waals surface area contributed by atoms with Crippen LogP contribution in [0.25, 0.3) is 0 Å². The van der Waals surface area contributed by atoms with Crippen molar-refractivity contribution in [2.75, 3.05) is 45.9 Å². The number of piperazine rings is 1. The van der Waals surface area contributed by atoms with Crippen LogP contribution in [0.15, 0.2) is 18.2 Å². The van der Waals surface area contributed by atoms with E-state index < -0.39 is 0 Å². The first-order valence-electron chi connectivity index (χ1n) is 8.17. The Morgan fingerprint density at radius 1 is 1.24 bits per heavy atom. The number of nitrogens with zero attached hydrogens (tertiary/aromatic N) is 2. The summed E-state index contributed by atoms with van der Waals surface area (Å²) in [6, 6.07) is 7.20. The Kier molecular flexibility index (Phi) is 4.78. The summed E-state index contributed by atoms with van der Waals surface area (Å²) >= 11 is 0. The molecule has 2 N–H and O–H groups in total. The number of benzene rings is 1. The van der Waals surface area contributed by atoms with E-state index in [2.05, 4.69) is 34.9 Å². The summed E-state index contributed by atoms with van der Waals surface area (Å²) in [7, 11) is 0. The molecule has 0 amide bonds. The fourth-order valence-corrected chi connectivity index (χ4v) is 3.26. The van der Waals surface area contributed by atoms with E-state index in [0.29, 0.717) is 6.04 Å². The van der Waals surface area contributed by atoms with Crippen molar-refractivity contribution in [2.24, 2.45) is 5.73 Å². The zero-order valence-electron chi connectivity index (χ0n) is 13.1. The molecular formula is C17H27N3O. The maximum atomic E-state index is 5.75. The molecule has 2 heterocycles. The summed E-state index contributed by atoms with van der Waals surface area (Å²) in [5.74, 6) is 1.09. The molecule has 21 heavy (non-hydrogen) atoms. The summed E-state index contributed by atoms with van der Waals surface area (Å²) in [6.07, 6.45) is 2.21. The molecule has 0 bridgehead atoms. The second kappa shape index (κ2) is 6.77. The van der Waals surface area contributed by atoms with Crippen LogP contribution in [0.1, 0.15) is 18.1 Å². The van der Waals surface area contributed by atoms with Crippen LogP contribution in [0.3, 0.4) is 0 Å². The first-order valence-corrected chi connectivity index (χ1v) is 8.17. The number of fused-ring (bicyclic) bond motifs is 1. The molecule has 1 unspecified atom stereocenters. The van der Waals surface area contributed by atoms with Crippen LogP contribution >= 0.6 is 0 Å². The Bertz CT molecular complexity index is 469. The number of nitrogens with two attached hydrogens (primary N) is 1. The van der Waals surface area contributed by atoms with Crippen molar-refractivity contribution in [1.82, 2.24) is 9.80 Å². The fourth-order valence-electron chi connectivity index (χ4n) is 3.26. The van der Waals surface area contributed by atoms with Crippen molar-refractivity contribution in [3.63, 3.8) is 0 Å². The lowest BCUT2D eigenvalue weighted by Gasteiger charge is -2.37. The molecule has 0 spiro atoms. The molecule has 0 aromatic heterocycles. The van der Waals surface area contributed by atoms with Crippen LogP contribution in [-0.4, -0.2) is 61.7 Å². The summed E-state index contributed by atoms with van der Waals surface area (Å²) in [5, 5.41) is 0. The zero-order chi connectivity index (χ0) is 14.7. The monoisotopic (exact) mass is 289 g/mol. The molecule has 1 atom stereocenters. The Morgan fingerprint density at radius 2 is 2.05 bits per heavy atom. The number of ether oxygens (including phenoxy) is 1. The molecule has 0 aliphatic carbocycles. The molecule has 0 radical (unpaired) electrons. The lowest BCUT2D eigenvalue weighted by Crippen LogP contribution is -2.51. The van der Waals surface area contributed by atoms with Gasteiger partial charge >= 0.3 is 0 Å². The average Bonchev–Trinajstić information content (AvgIpc) is 3.00. The zero-order valence-corrected chi connectivity index (χ0v) is 13.1. The van der Waals surface area contributed by atoms with Gasteiger partial charge in [-0.05, 0) is 30.5 Å². The van der Waals surface area contributed by atoms with Crippen molar-refractivity contribution >= 4 is 0 Å². The van der Waals surface area contributed by atoms with Crippen LogP contribution in [0, 0.1) is 0 Å². The van der Waals surface area contributed by atoms with E-state index in [1.165, 1.54) is 24.2 Å². The molecule has 4 nitrogen and oxygen atoms in total. The minimum atomic E-state index is 0.517. The van der Waals surface area contributed by atoms with Crippen LogP contribution in [-0.2, 0) is 12.8 Å². The second-order valence-electron chi connectivity index (χ2n) is 6.25. The standard InChI is InChI=1S/C17H27N3O/c1-14(13-18)20-9-7-19(8-10-20)6-4-15-2-3-17-16(12-15)5-11-21-17/h2-3,12,14H,4-11,13,18H2,1H3. The molecule has 1 aromatic carbocycles. The summed E-state index contributed by atoms with van der Waals surface area (Å²) in [6.45, 7) is 9.62. The van der Waals surface area contributed by atoms with E-state index in [-0.39, 0.29) is 0 Å². The van der Waals surface area contributed by atoms with Crippen LogP contribution in [0.2, 0.25) is 0 Å². The van der Waals surface area contributed by atoms with Crippen molar-refractivity contribution in [3.05, 3.63) is 29.3 Å². The van der Waals surface area contributed by atoms with Crippen molar-refractivity contribution in [3.8, 4) is 5.75 Å². The van der Waals surface area contributed by atoms with Gasteiger partial charge in [-0.2, -0.15) is 0 Å². The maximum Gasteiger partial charge on any atom is 0.122 e. The summed E-state index contributed by atoms with van der Waals surface area (Å²) in [4.78, 5) is 5.08. The van der Waals surface area contributed by atoms with Gasteiger partial charge in [-0.1, -0.05) is 12.1 Å². The number of hydrogen-bond acceptors (Lipinski definition) is 4. The third-order valence-corrected chi connectivity index (χ3v) is 4.84. The number of hydrogen-bond donors (Lipinski definition) is 1. The van der Waals surface area contributed by atoms with Crippen molar-refractivity contribution in [1.29, 1.82) is 0 Å². The normalized spacial score (nSPS) is 21.0. The first-order chi connectivity index (χ1) is 10.3. The molecule has 2 aliphatic heterocycles. The maximum absolute atomic E-state index is 5.75. The van der Waals surface area contributed by atoms with E-state index in [9.17, 15) is 0 Å². The second-order valence-corrected chi connectivity index (χ2v) is 6.25. The van der Waals surface area contributed by atoms with Gasteiger partial charge in [0.15, 0.2) is 0 Å². The summed E-state index contributed by atoms with van der Waals surface area (Å²) < 4.78 is 5.57. The molecule has 2 aliphatic rings. The Morgan fingerprint density at radius 3 is 2.81 bits per heavy atom. The minimum absolute atomic E-state index is 0.517. The van der Waals surface area contributed by atoms with Crippen molar-refractivity contribution < 1.29 is 4.74 Å². The lowest BCUT2D eigenvalue weighted by molar-refractivity contribution is 0.106. The fraction of sp³-hybridized carbons (Fsp3) is 0.647. The van der Waals surface area contributed by atoms with E-state index in [4.69, 9.17) is 10.5 Å². The highest BCUT2D eigenvalue weighted by Gasteiger charge is 2.20. The smallest absolute Gasteiger partial charge is 0.122 e. The third-order valence-electron chi connectivity index (χ3n) is 4.84. The van der Waals surface area contributed by atoms with Gasteiger partial charge in [0.2, 0.25) is 0 Å². The molecule has 4 heteroatoms. The van der Waals surface area contributed by atoms with Gasteiger partial charge in [0.05, 0.1) is 6.61 Å². The van der Waals surface area contributed by atoms with E-state index in [1.54, 1.807) is 0 Å². The Labute approximate surface area is 127 Å². The van der Waals surface area contributed by atoms with Gasteiger partial charge in [0, 0.05) is 51.7 Å². The van der Waals surface area contributed by atoms with Crippen LogP contribution in [0.5, 0.6) is 5.75 Å². The van der Waals surface area contributed by atoms with E-state index >= 15 is 0 Å². The highest BCUT2D eigenvalue weighted by atomic mass is 16.5. The minimum Gasteiger partial charge on any atom is -0.493 e. The molecule has 1 fully saturated rings.